The molecular formula is C20H18F6N2O3S. The number of amides is 1. The van der Waals surface area contributed by atoms with Gasteiger partial charge >= 0.3 is 12.4 Å². The molecule has 2 aromatic carbocycles. The van der Waals surface area contributed by atoms with Crippen LogP contribution in [0.25, 0.3) is 0 Å². The van der Waals surface area contributed by atoms with Crippen molar-refractivity contribution in [2.45, 2.75) is 36.6 Å². The fourth-order valence-electron chi connectivity index (χ4n) is 3.23. The molecule has 0 atom stereocenters. The summed E-state index contributed by atoms with van der Waals surface area (Å²) in [5, 5.41) is 2.25. The van der Waals surface area contributed by atoms with E-state index in [0.717, 1.165) is 12.8 Å². The normalized spacial score (nSPS) is 15.7. The molecule has 0 saturated carbocycles. The Morgan fingerprint density at radius 2 is 1.38 bits per heavy atom. The molecule has 174 valence electrons. The summed E-state index contributed by atoms with van der Waals surface area (Å²) in [6, 6.07) is 6.12. The molecule has 1 heterocycles. The number of benzene rings is 2. The van der Waals surface area contributed by atoms with Crippen LogP contribution in [0, 0.1) is 0 Å². The second kappa shape index (κ2) is 8.74. The Bertz CT molecular complexity index is 1060. The van der Waals surface area contributed by atoms with E-state index in [1.165, 1.54) is 28.6 Å². The molecule has 1 fully saturated rings. The molecule has 1 N–H and O–H groups in total. The molecule has 1 saturated heterocycles. The molecule has 0 spiro atoms. The largest absolute Gasteiger partial charge is 0.416 e. The molecule has 0 unspecified atom stereocenters. The highest BCUT2D eigenvalue weighted by molar-refractivity contribution is 7.89. The van der Waals surface area contributed by atoms with Crippen molar-refractivity contribution in [3.63, 3.8) is 0 Å². The summed E-state index contributed by atoms with van der Waals surface area (Å²) < 4.78 is 104. The minimum Gasteiger partial charge on any atom is -0.348 e. The summed E-state index contributed by atoms with van der Waals surface area (Å²) in [5.74, 6) is -1.13. The first kappa shape index (κ1) is 24.1. The van der Waals surface area contributed by atoms with E-state index in [9.17, 15) is 39.6 Å². The average molecular weight is 480 g/mol. The highest BCUT2D eigenvalue weighted by atomic mass is 32.2. The lowest BCUT2D eigenvalue weighted by atomic mass is 10.0. The number of carbonyl (C=O) groups is 1. The number of hydrogen-bond acceptors (Lipinski definition) is 3. The van der Waals surface area contributed by atoms with Gasteiger partial charge in [0.25, 0.3) is 5.91 Å². The van der Waals surface area contributed by atoms with Crippen LogP contribution in [0.1, 0.15) is 39.9 Å². The second-order valence-corrected chi connectivity index (χ2v) is 9.17. The molecule has 5 nitrogen and oxygen atoms in total. The van der Waals surface area contributed by atoms with Crippen LogP contribution in [0.15, 0.2) is 47.4 Å². The molecule has 0 radical (unpaired) electrons. The number of carbonyl (C=O) groups excluding carboxylic acids is 1. The molecule has 3 rings (SSSR count). The molecule has 1 aliphatic heterocycles. The summed E-state index contributed by atoms with van der Waals surface area (Å²) in [4.78, 5) is 12.3. The number of rotatable bonds is 5. The van der Waals surface area contributed by atoms with Gasteiger partial charge in [0.2, 0.25) is 10.0 Å². The van der Waals surface area contributed by atoms with Crippen molar-refractivity contribution in [3.8, 4) is 0 Å². The summed E-state index contributed by atoms with van der Waals surface area (Å²) in [5.41, 5.74) is -3.55. The lowest BCUT2D eigenvalue weighted by Gasteiger charge is -2.16. The van der Waals surface area contributed by atoms with E-state index in [1.54, 1.807) is 0 Å². The summed E-state index contributed by atoms with van der Waals surface area (Å²) in [7, 11) is -3.63. The van der Waals surface area contributed by atoms with E-state index in [4.69, 9.17) is 0 Å². The SMILES string of the molecule is O=C(NCc1ccc(S(=O)(=O)N2CCCC2)cc1)c1cc(C(F)(F)F)cc(C(F)(F)F)c1. The monoisotopic (exact) mass is 480 g/mol. The Balaban J connectivity index is 1.74. The fraction of sp³-hybridized carbons (Fsp3) is 0.350. The predicted molar refractivity (Wildman–Crippen MR) is 102 cm³/mol. The van der Waals surface area contributed by atoms with Crippen LogP contribution in [-0.4, -0.2) is 31.7 Å². The number of nitrogens with one attached hydrogen (secondary N) is 1. The van der Waals surface area contributed by atoms with Gasteiger partial charge in [0, 0.05) is 25.2 Å². The number of hydrogen-bond donors (Lipinski definition) is 1. The third-order valence-electron chi connectivity index (χ3n) is 4.93. The fourth-order valence-corrected chi connectivity index (χ4v) is 4.74. The van der Waals surface area contributed by atoms with Gasteiger partial charge < -0.3 is 5.32 Å². The van der Waals surface area contributed by atoms with Gasteiger partial charge in [-0.3, -0.25) is 4.79 Å². The van der Waals surface area contributed by atoms with Crippen LogP contribution in [0.3, 0.4) is 0 Å². The zero-order chi connectivity index (χ0) is 23.7. The van der Waals surface area contributed by atoms with E-state index in [1.807, 2.05) is 0 Å². The molecular weight excluding hydrogens is 462 g/mol. The number of nitrogens with zero attached hydrogens (tertiary/aromatic N) is 1. The van der Waals surface area contributed by atoms with Crippen LogP contribution < -0.4 is 5.32 Å². The quantitative estimate of drug-likeness (QED) is 0.644. The maximum absolute atomic E-state index is 12.9. The minimum atomic E-state index is -5.06. The molecule has 1 amide bonds. The molecule has 0 aliphatic carbocycles. The van der Waals surface area contributed by atoms with Crippen LogP contribution in [0.2, 0.25) is 0 Å². The summed E-state index contributed by atoms with van der Waals surface area (Å²) in [6.07, 6.45) is -8.58. The zero-order valence-corrected chi connectivity index (χ0v) is 17.2. The highest BCUT2D eigenvalue weighted by Gasteiger charge is 2.37. The number of halogens is 6. The molecule has 2 aromatic rings. The molecule has 0 bridgehead atoms. The highest BCUT2D eigenvalue weighted by Crippen LogP contribution is 2.36. The first-order chi connectivity index (χ1) is 14.8. The molecule has 1 aliphatic rings. The van der Waals surface area contributed by atoms with Crippen molar-refractivity contribution in [2.75, 3.05) is 13.1 Å². The van der Waals surface area contributed by atoms with Gasteiger partial charge in [-0.05, 0) is 48.7 Å². The molecule has 12 heteroatoms. The van der Waals surface area contributed by atoms with Crippen molar-refractivity contribution in [1.29, 1.82) is 0 Å². The third kappa shape index (κ3) is 5.41. The van der Waals surface area contributed by atoms with Gasteiger partial charge in [0.15, 0.2) is 0 Å². The predicted octanol–water partition coefficient (Wildman–Crippen LogP) is 4.44. The Hall–Kier alpha value is -2.60. The van der Waals surface area contributed by atoms with Crippen LogP contribution >= 0.6 is 0 Å². The Labute approximate surface area is 180 Å². The topological polar surface area (TPSA) is 66.5 Å². The van der Waals surface area contributed by atoms with E-state index >= 15 is 0 Å². The first-order valence-electron chi connectivity index (χ1n) is 9.45. The van der Waals surface area contributed by atoms with Gasteiger partial charge in [-0.25, -0.2) is 8.42 Å². The standard InChI is InChI=1S/C20H18F6N2O3S/c21-19(22,23)15-9-14(10-16(11-15)20(24,25)26)18(29)27-12-13-3-5-17(6-4-13)32(30,31)28-7-1-2-8-28/h3-6,9-11H,1-2,7-8,12H2,(H,27,29). The number of alkyl halides is 6. The molecule has 32 heavy (non-hydrogen) atoms. The van der Waals surface area contributed by atoms with E-state index in [-0.39, 0.29) is 17.5 Å². The van der Waals surface area contributed by atoms with Crippen LogP contribution in [0.4, 0.5) is 26.3 Å². The lowest BCUT2D eigenvalue weighted by Crippen LogP contribution is -2.28. The Morgan fingerprint density at radius 3 is 1.84 bits per heavy atom. The second-order valence-electron chi connectivity index (χ2n) is 7.23. The summed E-state index contributed by atoms with van der Waals surface area (Å²) in [6.45, 7) is 0.633. The van der Waals surface area contributed by atoms with Crippen molar-refractivity contribution < 1.29 is 39.6 Å². The Morgan fingerprint density at radius 1 is 0.875 bits per heavy atom. The zero-order valence-electron chi connectivity index (χ0n) is 16.4. The van der Waals surface area contributed by atoms with Gasteiger partial charge in [-0.15, -0.1) is 0 Å². The van der Waals surface area contributed by atoms with Crippen molar-refractivity contribution in [1.82, 2.24) is 9.62 Å². The van der Waals surface area contributed by atoms with Gasteiger partial charge in [0.05, 0.1) is 16.0 Å². The smallest absolute Gasteiger partial charge is 0.348 e. The molecule has 0 aromatic heterocycles. The summed E-state index contributed by atoms with van der Waals surface area (Å²) >= 11 is 0. The van der Waals surface area contributed by atoms with E-state index < -0.39 is 45.0 Å². The maximum atomic E-state index is 12.9. The minimum absolute atomic E-state index is 0.0576. The van der Waals surface area contributed by atoms with Gasteiger partial charge in [-0.2, -0.15) is 30.6 Å². The average Bonchev–Trinajstić information content (AvgIpc) is 3.26. The lowest BCUT2D eigenvalue weighted by molar-refractivity contribution is -0.143. The maximum Gasteiger partial charge on any atom is 0.416 e. The van der Waals surface area contributed by atoms with Gasteiger partial charge in [-0.1, -0.05) is 12.1 Å². The number of sulfonamides is 1. The first-order valence-corrected chi connectivity index (χ1v) is 10.9. The van der Waals surface area contributed by atoms with Gasteiger partial charge in [0.1, 0.15) is 0 Å². The van der Waals surface area contributed by atoms with Crippen molar-refractivity contribution in [3.05, 3.63) is 64.7 Å². The van der Waals surface area contributed by atoms with Crippen LogP contribution in [-0.2, 0) is 28.9 Å². The third-order valence-corrected chi connectivity index (χ3v) is 6.84. The Kier molecular flexibility index (Phi) is 6.57. The van der Waals surface area contributed by atoms with Crippen molar-refractivity contribution >= 4 is 15.9 Å². The van der Waals surface area contributed by atoms with Crippen molar-refractivity contribution in [2.24, 2.45) is 0 Å². The van der Waals surface area contributed by atoms with Crippen LogP contribution in [0.5, 0.6) is 0 Å². The van der Waals surface area contributed by atoms with E-state index in [2.05, 4.69) is 5.32 Å². The van der Waals surface area contributed by atoms with E-state index in [0.29, 0.717) is 30.8 Å².